The Morgan fingerprint density at radius 3 is 2.96 bits per heavy atom. The first kappa shape index (κ1) is 16.7. The molecule has 3 heterocycles. The van der Waals surface area contributed by atoms with E-state index in [9.17, 15) is 4.79 Å². The number of benzene rings is 1. The number of hydrogen-bond acceptors (Lipinski definition) is 4. The fourth-order valence-corrected chi connectivity index (χ4v) is 3.52. The van der Waals surface area contributed by atoms with Gasteiger partial charge in [0.2, 0.25) is 5.91 Å². The molecule has 0 saturated carbocycles. The molecule has 1 unspecified atom stereocenters. The summed E-state index contributed by atoms with van der Waals surface area (Å²) < 4.78 is 7.68. The molecule has 0 saturated heterocycles. The van der Waals surface area contributed by atoms with Crippen molar-refractivity contribution in [3.05, 3.63) is 59.5 Å². The molecule has 4 rings (SSSR count). The first-order valence-corrected chi connectivity index (χ1v) is 8.93. The molecule has 0 spiro atoms. The summed E-state index contributed by atoms with van der Waals surface area (Å²) in [5, 5.41) is 8.45. The summed E-state index contributed by atoms with van der Waals surface area (Å²) in [6.45, 7) is 1.06. The van der Waals surface area contributed by atoms with Gasteiger partial charge in [-0.15, -0.1) is 0 Å². The van der Waals surface area contributed by atoms with Gasteiger partial charge in [0.25, 0.3) is 0 Å². The lowest BCUT2D eigenvalue weighted by Crippen LogP contribution is -2.30. The van der Waals surface area contributed by atoms with Crippen molar-refractivity contribution >= 4 is 16.8 Å². The van der Waals surface area contributed by atoms with Gasteiger partial charge in [0.05, 0.1) is 42.2 Å². The summed E-state index contributed by atoms with van der Waals surface area (Å²) in [5.74, 6) is -0.0120. The Balaban J connectivity index is 1.64. The van der Waals surface area contributed by atoms with Gasteiger partial charge < -0.3 is 10.1 Å². The topological polar surface area (TPSA) is 69.0 Å². The van der Waals surface area contributed by atoms with Crippen molar-refractivity contribution in [3.8, 4) is 0 Å². The van der Waals surface area contributed by atoms with E-state index in [2.05, 4.69) is 27.5 Å². The highest BCUT2D eigenvalue weighted by atomic mass is 16.5. The number of rotatable bonds is 1. The largest absolute Gasteiger partial charge is 0.375 e. The van der Waals surface area contributed by atoms with Crippen LogP contribution in [-0.2, 0) is 29.6 Å². The second kappa shape index (κ2) is 7.25. The Morgan fingerprint density at radius 1 is 1.27 bits per heavy atom. The number of amides is 1. The van der Waals surface area contributed by atoms with Crippen LogP contribution in [-0.4, -0.2) is 27.3 Å². The quantitative estimate of drug-likeness (QED) is 0.733. The van der Waals surface area contributed by atoms with Crippen molar-refractivity contribution < 1.29 is 9.53 Å². The molecule has 0 fully saturated rings. The highest BCUT2D eigenvalue weighted by Crippen LogP contribution is 2.22. The normalized spacial score (nSPS) is 18.8. The summed E-state index contributed by atoms with van der Waals surface area (Å²) in [6, 6.07) is 12.0. The van der Waals surface area contributed by atoms with Gasteiger partial charge in [0.1, 0.15) is 0 Å². The molecule has 3 aromatic rings. The molecule has 2 aromatic heterocycles. The zero-order valence-corrected chi connectivity index (χ0v) is 14.8. The third-order valence-corrected chi connectivity index (χ3v) is 4.74. The molecule has 1 aromatic carbocycles. The third kappa shape index (κ3) is 3.46. The molecule has 0 radical (unpaired) electrons. The fourth-order valence-electron chi connectivity index (χ4n) is 3.52. The first-order chi connectivity index (χ1) is 12.7. The molecule has 26 heavy (non-hydrogen) atoms. The minimum absolute atomic E-state index is 0.00619. The molecule has 1 atom stereocenters. The van der Waals surface area contributed by atoms with Gasteiger partial charge in [-0.2, -0.15) is 5.10 Å². The zero-order chi connectivity index (χ0) is 17.9. The van der Waals surface area contributed by atoms with Crippen LogP contribution in [0.5, 0.6) is 0 Å². The second-order valence-corrected chi connectivity index (χ2v) is 6.67. The number of carbonyl (C=O) groups is 1. The third-order valence-electron chi connectivity index (χ3n) is 4.74. The van der Waals surface area contributed by atoms with Gasteiger partial charge >= 0.3 is 0 Å². The Kier molecular flexibility index (Phi) is 4.67. The Bertz CT molecular complexity index is 920. The molecule has 1 N–H and O–H groups in total. The van der Waals surface area contributed by atoms with Crippen molar-refractivity contribution in [2.45, 2.75) is 31.9 Å². The molecule has 6 nitrogen and oxygen atoms in total. The van der Waals surface area contributed by atoms with E-state index in [1.807, 2.05) is 36.0 Å². The van der Waals surface area contributed by atoms with E-state index in [0.717, 1.165) is 40.7 Å². The van der Waals surface area contributed by atoms with Crippen LogP contribution in [0.3, 0.4) is 0 Å². The van der Waals surface area contributed by atoms with Crippen molar-refractivity contribution in [1.29, 1.82) is 0 Å². The number of pyridine rings is 1. The molecule has 134 valence electrons. The monoisotopic (exact) mass is 350 g/mol. The number of nitrogens with one attached hydrogen (secondary N) is 1. The Morgan fingerprint density at radius 2 is 2.12 bits per heavy atom. The molecule has 6 heteroatoms. The van der Waals surface area contributed by atoms with E-state index < -0.39 is 0 Å². The van der Waals surface area contributed by atoms with Crippen molar-refractivity contribution in [3.63, 3.8) is 0 Å². The smallest absolute Gasteiger partial charge is 0.226 e. The molecule has 1 aliphatic heterocycles. The average Bonchev–Trinajstić information content (AvgIpc) is 3.01. The summed E-state index contributed by atoms with van der Waals surface area (Å²) in [4.78, 5) is 17.3. The predicted octanol–water partition coefficient (Wildman–Crippen LogP) is 2.68. The summed E-state index contributed by atoms with van der Waals surface area (Å²) in [6.07, 6.45) is 3.77. The van der Waals surface area contributed by atoms with Crippen LogP contribution in [0.25, 0.3) is 10.9 Å². The van der Waals surface area contributed by atoms with E-state index >= 15 is 0 Å². The van der Waals surface area contributed by atoms with Gasteiger partial charge in [-0.1, -0.05) is 30.3 Å². The van der Waals surface area contributed by atoms with E-state index in [0.29, 0.717) is 13.2 Å². The lowest BCUT2D eigenvalue weighted by atomic mass is 10.0. The minimum atomic E-state index is -0.0120. The average molecular weight is 350 g/mol. The molecule has 1 aliphatic rings. The number of hydrogen-bond donors (Lipinski definition) is 1. The van der Waals surface area contributed by atoms with Crippen LogP contribution < -0.4 is 5.32 Å². The summed E-state index contributed by atoms with van der Waals surface area (Å²) in [7, 11) is 1.90. The van der Waals surface area contributed by atoms with Gasteiger partial charge in [0.15, 0.2) is 0 Å². The van der Waals surface area contributed by atoms with Crippen LogP contribution in [0.1, 0.15) is 35.8 Å². The lowest BCUT2D eigenvalue weighted by Gasteiger charge is -2.20. The van der Waals surface area contributed by atoms with Gasteiger partial charge in [0, 0.05) is 19.0 Å². The summed E-state index contributed by atoms with van der Waals surface area (Å²) >= 11 is 0. The fraction of sp³-hybridized carbons (Fsp3) is 0.350. The number of ether oxygens (including phenoxy) is 1. The van der Waals surface area contributed by atoms with Gasteiger partial charge in [-0.3, -0.25) is 14.5 Å². The maximum Gasteiger partial charge on any atom is 0.226 e. The predicted molar refractivity (Wildman–Crippen MR) is 98.4 cm³/mol. The zero-order valence-electron chi connectivity index (χ0n) is 14.8. The van der Waals surface area contributed by atoms with Crippen molar-refractivity contribution in [1.82, 2.24) is 20.1 Å². The molecule has 1 amide bonds. The van der Waals surface area contributed by atoms with Gasteiger partial charge in [-0.25, -0.2) is 0 Å². The Hall–Kier alpha value is -2.73. The number of fused-ring (bicyclic) bond motifs is 4. The lowest BCUT2D eigenvalue weighted by molar-refractivity contribution is -0.121. The van der Waals surface area contributed by atoms with E-state index in [4.69, 9.17) is 4.74 Å². The number of carbonyl (C=O) groups excluding carboxylic acids is 1. The maximum absolute atomic E-state index is 12.6. The van der Waals surface area contributed by atoms with Crippen molar-refractivity contribution in [2.24, 2.45) is 7.05 Å². The van der Waals surface area contributed by atoms with E-state index in [1.165, 1.54) is 0 Å². The molecular formula is C20H22N4O2. The van der Waals surface area contributed by atoms with Crippen LogP contribution in [0, 0.1) is 0 Å². The standard InChI is InChI=1S/C20H22N4O2/c1-24-20-15(12-21-24)10-16-11-19(25)23-17(14-6-3-2-4-7-14)8-5-9-26-13-18(20)22-16/h2-4,6-7,10,12,17H,5,8-9,11,13H2,1H3,(H,23,25). The Labute approximate surface area is 152 Å². The maximum atomic E-state index is 12.6. The van der Waals surface area contributed by atoms with E-state index in [-0.39, 0.29) is 18.4 Å². The van der Waals surface area contributed by atoms with Crippen LogP contribution in [0.4, 0.5) is 0 Å². The summed E-state index contributed by atoms with van der Waals surface area (Å²) in [5.41, 5.74) is 3.67. The van der Waals surface area contributed by atoms with Crippen molar-refractivity contribution in [2.75, 3.05) is 6.61 Å². The van der Waals surface area contributed by atoms with E-state index in [1.54, 1.807) is 6.20 Å². The number of aromatic nitrogens is 3. The van der Waals surface area contributed by atoms with Crippen LogP contribution >= 0.6 is 0 Å². The number of nitrogens with zero attached hydrogens (tertiary/aromatic N) is 3. The first-order valence-electron chi connectivity index (χ1n) is 8.93. The second-order valence-electron chi connectivity index (χ2n) is 6.67. The highest BCUT2D eigenvalue weighted by Gasteiger charge is 2.18. The molecular weight excluding hydrogens is 328 g/mol. The minimum Gasteiger partial charge on any atom is -0.375 e. The molecule has 0 aliphatic carbocycles. The SMILES string of the molecule is Cn1ncc2cc3nc(c21)COCCCC(c1ccccc1)NC(=O)C3. The van der Waals surface area contributed by atoms with Gasteiger partial charge in [-0.05, 0) is 24.5 Å². The highest BCUT2D eigenvalue weighted by molar-refractivity contribution is 5.83. The number of aryl methyl sites for hydroxylation is 1. The van der Waals surface area contributed by atoms with Crippen LogP contribution in [0.2, 0.25) is 0 Å². The van der Waals surface area contributed by atoms with Crippen LogP contribution in [0.15, 0.2) is 42.6 Å². The molecule has 2 bridgehead atoms.